The Morgan fingerprint density at radius 3 is 2.69 bits per heavy atom. The molecule has 0 radical (unpaired) electrons. The van der Waals surface area contributed by atoms with Gasteiger partial charge in [-0.25, -0.2) is 0 Å². The van der Waals surface area contributed by atoms with Gasteiger partial charge >= 0.3 is 6.18 Å². The Morgan fingerprint density at radius 2 is 2.04 bits per heavy atom. The van der Waals surface area contributed by atoms with E-state index in [0.717, 1.165) is 38.1 Å². The third-order valence-electron chi connectivity index (χ3n) is 5.70. The van der Waals surface area contributed by atoms with Crippen LogP contribution in [0, 0.1) is 5.92 Å². The van der Waals surface area contributed by atoms with Crippen LogP contribution in [0.25, 0.3) is 0 Å². The Bertz CT molecular complexity index is 643. The maximum atomic E-state index is 13.0. The summed E-state index contributed by atoms with van der Waals surface area (Å²) in [5.74, 6) is 0.423. The Morgan fingerprint density at radius 1 is 1.27 bits per heavy atom. The number of piperazine rings is 1. The molecule has 7 heteroatoms. The monoisotopic (exact) mass is 369 g/mol. The average molecular weight is 369 g/mol. The first kappa shape index (κ1) is 19.0. The van der Waals surface area contributed by atoms with Crippen LogP contribution >= 0.6 is 0 Å². The lowest BCUT2D eigenvalue weighted by atomic mass is 9.91. The second-order valence-corrected chi connectivity index (χ2v) is 7.30. The van der Waals surface area contributed by atoms with E-state index < -0.39 is 17.8 Å². The molecule has 3 rings (SSSR count). The van der Waals surface area contributed by atoms with E-state index in [0.29, 0.717) is 24.7 Å². The van der Waals surface area contributed by atoms with Gasteiger partial charge in [0.2, 0.25) is 5.91 Å². The number of carbonyl (C=O) groups excluding carboxylic acids is 1. The summed E-state index contributed by atoms with van der Waals surface area (Å²) in [5.41, 5.74) is -0.231. The van der Waals surface area contributed by atoms with Gasteiger partial charge in [0.05, 0.1) is 5.56 Å². The summed E-state index contributed by atoms with van der Waals surface area (Å²) >= 11 is 0. The molecule has 1 aromatic rings. The van der Waals surface area contributed by atoms with Gasteiger partial charge in [-0.15, -0.1) is 0 Å². The third-order valence-corrected chi connectivity index (χ3v) is 5.70. The van der Waals surface area contributed by atoms with Crippen molar-refractivity contribution in [2.24, 2.45) is 5.92 Å². The van der Waals surface area contributed by atoms with E-state index in [1.165, 1.54) is 6.07 Å². The summed E-state index contributed by atoms with van der Waals surface area (Å²) in [7, 11) is 0. The summed E-state index contributed by atoms with van der Waals surface area (Å²) < 4.78 is 38.9. The van der Waals surface area contributed by atoms with Crippen LogP contribution in [0.4, 0.5) is 18.9 Å². The predicted molar refractivity (Wildman–Crippen MR) is 95.0 cm³/mol. The summed E-state index contributed by atoms with van der Waals surface area (Å²) in [4.78, 5) is 16.6. The van der Waals surface area contributed by atoms with Gasteiger partial charge < -0.3 is 15.1 Å². The molecule has 1 N–H and O–H groups in total. The highest BCUT2D eigenvalue weighted by Crippen LogP contribution is 2.33. The quantitative estimate of drug-likeness (QED) is 0.889. The average Bonchev–Trinajstić information content (AvgIpc) is 2.63. The predicted octanol–water partition coefficient (Wildman–Crippen LogP) is 3.13. The van der Waals surface area contributed by atoms with Gasteiger partial charge in [-0.05, 0) is 63.9 Å². The number of halogens is 3. The van der Waals surface area contributed by atoms with Crippen molar-refractivity contribution >= 4 is 11.6 Å². The fraction of sp³-hybridized carbons (Fsp3) is 0.632. The summed E-state index contributed by atoms with van der Waals surface area (Å²) in [6.07, 6.45) is -2.17. The van der Waals surface area contributed by atoms with E-state index in [1.807, 2.05) is 4.90 Å². The van der Waals surface area contributed by atoms with Crippen molar-refractivity contribution in [3.8, 4) is 0 Å². The molecule has 2 fully saturated rings. The maximum absolute atomic E-state index is 13.0. The molecule has 0 saturated carbocycles. The number of hydrogen-bond acceptors (Lipinski definition) is 3. The smallest absolute Gasteiger partial charge is 0.358 e. The zero-order chi connectivity index (χ0) is 18.9. The molecule has 144 valence electrons. The number of benzene rings is 1. The van der Waals surface area contributed by atoms with Crippen molar-refractivity contribution in [2.75, 3.05) is 31.1 Å². The number of alkyl halides is 3. The summed E-state index contributed by atoms with van der Waals surface area (Å²) in [5, 5.41) is 3.38. The normalized spacial score (nSPS) is 26.1. The molecular weight excluding hydrogens is 343 g/mol. The first-order chi connectivity index (χ1) is 12.3. The zero-order valence-corrected chi connectivity index (χ0v) is 15.2. The summed E-state index contributed by atoms with van der Waals surface area (Å²) in [6, 6.07) is 4.91. The molecular formula is C19H26F3N3O. The lowest BCUT2D eigenvalue weighted by Crippen LogP contribution is -2.60. The first-order valence-corrected chi connectivity index (χ1v) is 9.24. The van der Waals surface area contributed by atoms with Gasteiger partial charge in [0.25, 0.3) is 0 Å². The Labute approximate surface area is 152 Å². The number of rotatable bonds is 3. The molecule has 2 aliphatic heterocycles. The number of hydrogen-bond donors (Lipinski definition) is 1. The molecule has 2 heterocycles. The molecule has 0 bridgehead atoms. The lowest BCUT2D eigenvalue weighted by molar-refractivity contribution is -0.137. The minimum absolute atomic E-state index is 0.00765. The van der Waals surface area contributed by atoms with Gasteiger partial charge in [0.1, 0.15) is 6.04 Å². The first-order valence-electron chi connectivity index (χ1n) is 9.24. The lowest BCUT2D eigenvalue weighted by Gasteiger charge is -2.45. The minimum Gasteiger partial charge on any atom is -0.358 e. The van der Waals surface area contributed by atoms with E-state index >= 15 is 0 Å². The van der Waals surface area contributed by atoms with Crippen LogP contribution in [-0.4, -0.2) is 49.1 Å². The van der Waals surface area contributed by atoms with Crippen molar-refractivity contribution in [1.29, 1.82) is 0 Å². The van der Waals surface area contributed by atoms with Gasteiger partial charge in [0.15, 0.2) is 0 Å². The van der Waals surface area contributed by atoms with E-state index in [-0.39, 0.29) is 11.9 Å². The van der Waals surface area contributed by atoms with Crippen LogP contribution in [0.5, 0.6) is 0 Å². The Balaban J connectivity index is 1.73. The van der Waals surface area contributed by atoms with E-state index in [1.54, 1.807) is 17.9 Å². The fourth-order valence-corrected chi connectivity index (χ4v) is 4.06. The largest absolute Gasteiger partial charge is 0.416 e. The molecule has 26 heavy (non-hydrogen) atoms. The minimum atomic E-state index is -4.38. The van der Waals surface area contributed by atoms with E-state index in [4.69, 9.17) is 0 Å². The number of amides is 1. The number of nitrogens with one attached hydrogen (secondary N) is 1. The standard InChI is InChI=1S/C19H26F3N3O/c1-13(15-5-4-8-23-12-15)25-10-9-24(14(2)18(25)26)17-7-3-6-16(11-17)19(20,21)22/h3,6-7,11,13-15,23H,4-5,8-10,12H2,1-2H3. The van der Waals surface area contributed by atoms with E-state index in [9.17, 15) is 18.0 Å². The van der Waals surface area contributed by atoms with Gasteiger partial charge in [-0.1, -0.05) is 6.07 Å². The number of nitrogens with zero attached hydrogens (tertiary/aromatic N) is 2. The molecule has 2 saturated heterocycles. The van der Waals surface area contributed by atoms with Gasteiger partial charge in [-0.2, -0.15) is 13.2 Å². The highest BCUT2D eigenvalue weighted by molar-refractivity contribution is 5.86. The number of carbonyl (C=O) groups is 1. The third kappa shape index (κ3) is 3.82. The number of anilines is 1. The van der Waals surface area contributed by atoms with Crippen LogP contribution in [0.3, 0.4) is 0 Å². The van der Waals surface area contributed by atoms with Crippen LogP contribution in [-0.2, 0) is 11.0 Å². The van der Waals surface area contributed by atoms with Crippen LogP contribution in [0.15, 0.2) is 24.3 Å². The van der Waals surface area contributed by atoms with Crippen molar-refractivity contribution < 1.29 is 18.0 Å². The summed E-state index contributed by atoms with van der Waals surface area (Å²) in [6.45, 7) is 6.88. The highest BCUT2D eigenvalue weighted by Gasteiger charge is 2.37. The zero-order valence-electron chi connectivity index (χ0n) is 15.2. The maximum Gasteiger partial charge on any atom is 0.416 e. The molecule has 0 aromatic heterocycles. The van der Waals surface area contributed by atoms with Crippen molar-refractivity contribution in [2.45, 2.75) is 44.9 Å². The second kappa shape index (κ2) is 7.47. The molecule has 4 nitrogen and oxygen atoms in total. The number of piperidine rings is 1. The van der Waals surface area contributed by atoms with Crippen molar-refractivity contribution in [3.05, 3.63) is 29.8 Å². The van der Waals surface area contributed by atoms with Crippen molar-refractivity contribution in [3.63, 3.8) is 0 Å². The Kier molecular flexibility index (Phi) is 5.46. The van der Waals surface area contributed by atoms with Crippen LogP contribution in [0.1, 0.15) is 32.3 Å². The Hall–Kier alpha value is -1.76. The molecule has 1 amide bonds. The van der Waals surface area contributed by atoms with Crippen LogP contribution < -0.4 is 10.2 Å². The highest BCUT2D eigenvalue weighted by atomic mass is 19.4. The fourth-order valence-electron chi connectivity index (χ4n) is 4.06. The topological polar surface area (TPSA) is 35.6 Å². The van der Waals surface area contributed by atoms with E-state index in [2.05, 4.69) is 12.2 Å². The van der Waals surface area contributed by atoms with Crippen LogP contribution in [0.2, 0.25) is 0 Å². The van der Waals surface area contributed by atoms with Gasteiger partial charge in [-0.3, -0.25) is 4.79 Å². The van der Waals surface area contributed by atoms with Crippen molar-refractivity contribution in [1.82, 2.24) is 10.2 Å². The molecule has 1 aromatic carbocycles. The molecule has 0 aliphatic carbocycles. The van der Waals surface area contributed by atoms with Gasteiger partial charge in [0, 0.05) is 24.8 Å². The molecule has 0 spiro atoms. The second-order valence-electron chi connectivity index (χ2n) is 7.30. The molecule has 3 unspecified atom stereocenters. The molecule has 3 atom stereocenters. The SMILES string of the molecule is CC(C1CCCNC1)N1CCN(c2cccc(C(F)(F)F)c2)C(C)C1=O. The molecule has 2 aliphatic rings.